The Labute approximate surface area is 184 Å². The third-order valence-corrected chi connectivity index (χ3v) is 5.84. The fourth-order valence-corrected chi connectivity index (χ4v) is 3.79. The standard InChI is InChI=1S/C22H34N6OS/c1-16(14-20-17(2)26-28(6)18(20)3)25-22(24-15-21(29)27(4)5)23-12-13-30-19-10-8-7-9-11-19/h7-11,16H,12-15H2,1-6H3,(H2,23,24,25). The van der Waals surface area contributed by atoms with Crippen LogP contribution in [0, 0.1) is 13.8 Å². The highest BCUT2D eigenvalue weighted by molar-refractivity contribution is 7.99. The summed E-state index contributed by atoms with van der Waals surface area (Å²) >= 11 is 1.79. The Hall–Kier alpha value is -2.48. The predicted molar refractivity (Wildman–Crippen MR) is 125 cm³/mol. The minimum Gasteiger partial charge on any atom is -0.356 e. The topological polar surface area (TPSA) is 74.5 Å². The number of carbonyl (C=O) groups excluding carboxylic acids is 1. The van der Waals surface area contributed by atoms with E-state index in [0.29, 0.717) is 5.96 Å². The van der Waals surface area contributed by atoms with Crippen molar-refractivity contribution in [2.75, 3.05) is 32.9 Å². The molecule has 1 unspecified atom stereocenters. The van der Waals surface area contributed by atoms with Gasteiger partial charge in [0, 0.05) is 50.1 Å². The van der Waals surface area contributed by atoms with Crippen molar-refractivity contribution < 1.29 is 4.79 Å². The number of thioether (sulfide) groups is 1. The maximum absolute atomic E-state index is 12.0. The van der Waals surface area contributed by atoms with Crippen LogP contribution in [-0.4, -0.2) is 65.5 Å². The van der Waals surface area contributed by atoms with Gasteiger partial charge in [0.2, 0.25) is 5.91 Å². The Morgan fingerprint density at radius 1 is 1.27 bits per heavy atom. The Balaban J connectivity index is 1.95. The van der Waals surface area contributed by atoms with E-state index in [2.05, 4.69) is 46.7 Å². The van der Waals surface area contributed by atoms with Crippen molar-refractivity contribution in [3.63, 3.8) is 0 Å². The largest absolute Gasteiger partial charge is 0.356 e. The van der Waals surface area contributed by atoms with Crippen LogP contribution in [0.2, 0.25) is 0 Å². The number of aromatic nitrogens is 2. The summed E-state index contributed by atoms with van der Waals surface area (Å²) < 4.78 is 1.92. The lowest BCUT2D eigenvalue weighted by Gasteiger charge is -2.19. The smallest absolute Gasteiger partial charge is 0.243 e. The van der Waals surface area contributed by atoms with Crippen LogP contribution in [-0.2, 0) is 18.3 Å². The molecule has 2 aromatic rings. The highest BCUT2D eigenvalue weighted by atomic mass is 32.2. The van der Waals surface area contributed by atoms with Crippen LogP contribution in [0.5, 0.6) is 0 Å². The number of rotatable bonds is 9. The molecule has 1 atom stereocenters. The summed E-state index contributed by atoms with van der Waals surface area (Å²) in [5, 5.41) is 11.3. The average Bonchev–Trinajstić information content (AvgIpc) is 2.95. The van der Waals surface area contributed by atoms with Crippen molar-refractivity contribution in [2.45, 2.75) is 38.1 Å². The third-order valence-electron chi connectivity index (χ3n) is 4.83. The quantitative estimate of drug-likeness (QED) is 0.277. The number of nitrogens with zero attached hydrogens (tertiary/aromatic N) is 4. The van der Waals surface area contributed by atoms with Gasteiger partial charge in [0.05, 0.1) is 5.69 Å². The zero-order valence-corrected chi connectivity index (χ0v) is 19.7. The number of benzene rings is 1. The second kappa shape index (κ2) is 11.6. The SMILES string of the molecule is Cc1nn(C)c(C)c1CC(C)NC(=NCC(=O)N(C)C)NCCSc1ccccc1. The second-order valence-electron chi connectivity index (χ2n) is 7.56. The zero-order valence-electron chi connectivity index (χ0n) is 18.9. The number of carbonyl (C=O) groups is 1. The Morgan fingerprint density at radius 2 is 1.97 bits per heavy atom. The summed E-state index contributed by atoms with van der Waals surface area (Å²) in [5.41, 5.74) is 3.48. The van der Waals surface area contributed by atoms with Gasteiger partial charge in [0.15, 0.2) is 5.96 Å². The summed E-state index contributed by atoms with van der Waals surface area (Å²) in [6, 6.07) is 10.5. The van der Waals surface area contributed by atoms with E-state index in [-0.39, 0.29) is 18.5 Å². The highest BCUT2D eigenvalue weighted by Crippen LogP contribution is 2.16. The first-order valence-electron chi connectivity index (χ1n) is 10.2. The first-order valence-corrected chi connectivity index (χ1v) is 11.2. The van der Waals surface area contributed by atoms with Gasteiger partial charge >= 0.3 is 0 Å². The molecule has 164 valence electrons. The molecule has 1 heterocycles. The van der Waals surface area contributed by atoms with Crippen LogP contribution in [0.1, 0.15) is 23.9 Å². The fraction of sp³-hybridized carbons (Fsp3) is 0.500. The molecule has 30 heavy (non-hydrogen) atoms. The molecule has 0 fully saturated rings. The summed E-state index contributed by atoms with van der Waals surface area (Å²) in [7, 11) is 5.45. The minimum atomic E-state index is -0.0265. The summed E-state index contributed by atoms with van der Waals surface area (Å²) in [4.78, 5) is 19.3. The number of aryl methyl sites for hydroxylation is 2. The molecule has 0 spiro atoms. The minimum absolute atomic E-state index is 0.0265. The fourth-order valence-electron chi connectivity index (χ4n) is 3.00. The summed E-state index contributed by atoms with van der Waals surface area (Å²) in [6.07, 6.45) is 0.840. The van der Waals surface area contributed by atoms with Crippen LogP contribution in [0.25, 0.3) is 0 Å². The van der Waals surface area contributed by atoms with Crippen LogP contribution in [0.4, 0.5) is 0 Å². The molecule has 0 bridgehead atoms. The Morgan fingerprint density at radius 3 is 2.57 bits per heavy atom. The van der Waals surface area contributed by atoms with Gasteiger partial charge in [-0.25, -0.2) is 4.99 Å². The normalized spacial score (nSPS) is 12.5. The average molecular weight is 431 g/mol. The lowest BCUT2D eigenvalue weighted by atomic mass is 10.1. The monoisotopic (exact) mass is 430 g/mol. The van der Waals surface area contributed by atoms with Crippen LogP contribution >= 0.6 is 11.8 Å². The van der Waals surface area contributed by atoms with Gasteiger partial charge in [-0.3, -0.25) is 9.48 Å². The van der Waals surface area contributed by atoms with E-state index in [0.717, 1.165) is 24.4 Å². The van der Waals surface area contributed by atoms with E-state index in [1.807, 2.05) is 36.9 Å². The van der Waals surface area contributed by atoms with Crippen LogP contribution in [0.15, 0.2) is 40.2 Å². The first kappa shape index (κ1) is 23.8. The van der Waals surface area contributed by atoms with Gasteiger partial charge in [-0.2, -0.15) is 5.10 Å². The van der Waals surface area contributed by atoms with E-state index < -0.39 is 0 Å². The number of guanidine groups is 1. The number of nitrogens with one attached hydrogen (secondary N) is 2. The molecule has 0 saturated carbocycles. The second-order valence-corrected chi connectivity index (χ2v) is 8.73. The van der Waals surface area contributed by atoms with E-state index in [4.69, 9.17) is 0 Å². The van der Waals surface area contributed by atoms with Crippen LogP contribution < -0.4 is 10.6 Å². The van der Waals surface area contributed by atoms with Gasteiger partial charge in [0.25, 0.3) is 0 Å². The maximum atomic E-state index is 12.0. The molecule has 2 N–H and O–H groups in total. The molecule has 7 nitrogen and oxygen atoms in total. The molecule has 0 aliphatic heterocycles. The molecular weight excluding hydrogens is 396 g/mol. The van der Waals surface area contributed by atoms with Crippen molar-refractivity contribution in [2.24, 2.45) is 12.0 Å². The van der Waals surface area contributed by atoms with Gasteiger partial charge < -0.3 is 15.5 Å². The molecule has 0 aliphatic carbocycles. The number of hydrogen-bond donors (Lipinski definition) is 2. The predicted octanol–water partition coefficient (Wildman–Crippen LogP) is 2.38. The van der Waals surface area contributed by atoms with Crippen molar-refractivity contribution in [3.8, 4) is 0 Å². The van der Waals surface area contributed by atoms with E-state index in [1.165, 1.54) is 16.2 Å². The first-order chi connectivity index (χ1) is 14.3. The molecule has 8 heteroatoms. The summed E-state index contributed by atoms with van der Waals surface area (Å²) in [6.45, 7) is 7.12. The lowest BCUT2D eigenvalue weighted by molar-refractivity contribution is -0.127. The van der Waals surface area contributed by atoms with Gasteiger partial charge in [0.1, 0.15) is 6.54 Å². The zero-order chi connectivity index (χ0) is 22.1. The number of likely N-dealkylation sites (N-methyl/N-ethyl adjacent to an activating group) is 1. The van der Waals surface area contributed by atoms with Crippen LogP contribution in [0.3, 0.4) is 0 Å². The van der Waals surface area contributed by atoms with Gasteiger partial charge in [-0.1, -0.05) is 18.2 Å². The molecule has 1 aromatic heterocycles. The van der Waals surface area contributed by atoms with Gasteiger partial charge in [-0.15, -0.1) is 11.8 Å². The molecule has 0 radical (unpaired) electrons. The van der Waals surface area contributed by atoms with E-state index >= 15 is 0 Å². The van der Waals surface area contributed by atoms with Crippen molar-refractivity contribution in [3.05, 3.63) is 47.3 Å². The lowest BCUT2D eigenvalue weighted by Crippen LogP contribution is -2.44. The third kappa shape index (κ3) is 7.40. The Kier molecular flexibility index (Phi) is 9.23. The molecule has 0 saturated heterocycles. The Bertz CT molecular complexity index is 847. The maximum Gasteiger partial charge on any atom is 0.243 e. The highest BCUT2D eigenvalue weighted by Gasteiger charge is 2.14. The van der Waals surface area contributed by atoms with Crippen molar-refractivity contribution >= 4 is 23.6 Å². The molecule has 1 aromatic carbocycles. The van der Waals surface area contributed by atoms with Gasteiger partial charge in [-0.05, 0) is 44.9 Å². The summed E-state index contributed by atoms with van der Waals surface area (Å²) in [5.74, 6) is 1.54. The number of aliphatic imine (C=N–C) groups is 1. The number of hydrogen-bond acceptors (Lipinski definition) is 4. The van der Waals surface area contributed by atoms with E-state index in [9.17, 15) is 4.79 Å². The molecule has 1 amide bonds. The number of amides is 1. The molecular formula is C22H34N6OS. The molecule has 2 rings (SSSR count). The molecule has 0 aliphatic rings. The van der Waals surface area contributed by atoms with Crippen molar-refractivity contribution in [1.29, 1.82) is 0 Å². The van der Waals surface area contributed by atoms with E-state index in [1.54, 1.807) is 30.8 Å². The van der Waals surface area contributed by atoms with Crippen molar-refractivity contribution in [1.82, 2.24) is 25.3 Å².